The number of aliphatic carboxylic acids is 2. The highest BCUT2D eigenvalue weighted by molar-refractivity contribution is 5.98. The van der Waals surface area contributed by atoms with Crippen molar-refractivity contribution in [2.24, 2.45) is 5.41 Å². The fourth-order valence-electron chi connectivity index (χ4n) is 1.22. The fourth-order valence-corrected chi connectivity index (χ4v) is 1.22. The molecule has 0 bridgehead atoms. The summed E-state index contributed by atoms with van der Waals surface area (Å²) >= 11 is 0. The molecule has 0 unspecified atom stereocenters. The number of rotatable bonds is 2. The van der Waals surface area contributed by atoms with Gasteiger partial charge in [-0.15, -0.1) is 0 Å². The number of hydrogen-bond donors (Lipinski definition) is 2. The van der Waals surface area contributed by atoms with Gasteiger partial charge >= 0.3 is 11.9 Å². The van der Waals surface area contributed by atoms with Crippen molar-refractivity contribution in [2.75, 3.05) is 13.2 Å². The second-order valence-electron chi connectivity index (χ2n) is 2.85. The van der Waals surface area contributed by atoms with Crippen molar-refractivity contribution in [3.63, 3.8) is 0 Å². The molecule has 1 heterocycles. The Kier molecular flexibility index (Phi) is 2.32. The molecule has 0 amide bonds. The van der Waals surface area contributed by atoms with Gasteiger partial charge in [0, 0.05) is 6.61 Å². The molecule has 0 radical (unpaired) electrons. The highest BCUT2D eigenvalue weighted by Crippen LogP contribution is 2.29. The Bertz CT molecular complexity index is 188. The zero-order chi connectivity index (χ0) is 9.19. The first-order valence-electron chi connectivity index (χ1n) is 3.64. The summed E-state index contributed by atoms with van der Waals surface area (Å²) in [6.45, 7) is 0.222. The number of carbonyl (C=O) groups is 2. The molecule has 1 aliphatic rings. The van der Waals surface area contributed by atoms with Gasteiger partial charge in [0.05, 0.1) is 6.61 Å². The zero-order valence-electron chi connectivity index (χ0n) is 6.45. The predicted molar refractivity (Wildman–Crippen MR) is 37.8 cm³/mol. The first kappa shape index (κ1) is 8.99. The number of carboxylic acids is 2. The lowest BCUT2D eigenvalue weighted by atomic mass is 9.83. The van der Waals surface area contributed by atoms with Gasteiger partial charge < -0.3 is 14.9 Å². The Morgan fingerprint density at radius 2 is 1.83 bits per heavy atom. The summed E-state index contributed by atoms with van der Waals surface area (Å²) in [6, 6.07) is 0. The third-order valence-corrected chi connectivity index (χ3v) is 2.06. The van der Waals surface area contributed by atoms with E-state index in [1.807, 2.05) is 0 Å². The van der Waals surface area contributed by atoms with Crippen molar-refractivity contribution >= 4 is 11.9 Å². The van der Waals surface area contributed by atoms with Crippen LogP contribution in [0.25, 0.3) is 0 Å². The Balaban J connectivity index is 2.84. The first-order valence-corrected chi connectivity index (χ1v) is 3.64. The highest BCUT2D eigenvalue weighted by atomic mass is 16.5. The standard InChI is InChI=1S/C7H10O5/c8-5(9)7(6(10)11)2-1-3-12-4-7/h1-4H2,(H,8,9)(H,10,11). The summed E-state index contributed by atoms with van der Waals surface area (Å²) in [5, 5.41) is 17.4. The van der Waals surface area contributed by atoms with Gasteiger partial charge in [0.1, 0.15) is 0 Å². The molecule has 0 atom stereocenters. The van der Waals surface area contributed by atoms with Crippen molar-refractivity contribution in [3.05, 3.63) is 0 Å². The van der Waals surface area contributed by atoms with Crippen molar-refractivity contribution in [2.45, 2.75) is 12.8 Å². The van der Waals surface area contributed by atoms with Crippen LogP contribution in [0.1, 0.15) is 12.8 Å². The number of carboxylic acid groups (broad SMARTS) is 2. The van der Waals surface area contributed by atoms with Crippen molar-refractivity contribution in [1.29, 1.82) is 0 Å². The molecular weight excluding hydrogens is 164 g/mol. The second kappa shape index (κ2) is 3.10. The van der Waals surface area contributed by atoms with Crippen LogP contribution in [0.2, 0.25) is 0 Å². The Morgan fingerprint density at radius 1 is 1.25 bits per heavy atom. The Morgan fingerprint density at radius 3 is 2.08 bits per heavy atom. The van der Waals surface area contributed by atoms with E-state index < -0.39 is 17.4 Å². The normalized spacial score (nSPS) is 21.7. The largest absolute Gasteiger partial charge is 0.480 e. The fraction of sp³-hybridized carbons (Fsp3) is 0.714. The average molecular weight is 174 g/mol. The summed E-state index contributed by atoms with van der Waals surface area (Å²) in [5.74, 6) is -2.62. The molecule has 5 heteroatoms. The smallest absolute Gasteiger partial charge is 0.323 e. The Labute approximate surface area is 68.9 Å². The van der Waals surface area contributed by atoms with Crippen molar-refractivity contribution in [3.8, 4) is 0 Å². The van der Waals surface area contributed by atoms with Gasteiger partial charge in [-0.25, -0.2) is 0 Å². The molecule has 12 heavy (non-hydrogen) atoms. The van der Waals surface area contributed by atoms with Crippen LogP contribution in [-0.2, 0) is 14.3 Å². The molecule has 0 aromatic heterocycles. The maximum Gasteiger partial charge on any atom is 0.323 e. The van der Waals surface area contributed by atoms with E-state index in [0.717, 1.165) is 0 Å². The van der Waals surface area contributed by atoms with Crippen LogP contribution in [0.3, 0.4) is 0 Å². The van der Waals surface area contributed by atoms with E-state index in [9.17, 15) is 9.59 Å². The van der Waals surface area contributed by atoms with E-state index in [0.29, 0.717) is 13.0 Å². The van der Waals surface area contributed by atoms with E-state index in [-0.39, 0.29) is 13.0 Å². The lowest BCUT2D eigenvalue weighted by molar-refractivity contribution is -0.174. The summed E-state index contributed by atoms with van der Waals surface area (Å²) in [7, 11) is 0. The molecule has 0 aromatic carbocycles. The van der Waals surface area contributed by atoms with Gasteiger partial charge in [-0.3, -0.25) is 9.59 Å². The minimum Gasteiger partial charge on any atom is -0.480 e. The van der Waals surface area contributed by atoms with Crippen LogP contribution < -0.4 is 0 Å². The SMILES string of the molecule is O=C(O)C1(C(=O)O)CCCOC1. The molecule has 1 saturated heterocycles. The van der Waals surface area contributed by atoms with Crippen LogP contribution in [0.5, 0.6) is 0 Å². The monoisotopic (exact) mass is 174 g/mol. The van der Waals surface area contributed by atoms with E-state index in [4.69, 9.17) is 14.9 Å². The maximum absolute atomic E-state index is 10.7. The number of ether oxygens (including phenoxy) is 1. The summed E-state index contributed by atoms with van der Waals surface area (Å²) in [4.78, 5) is 21.3. The predicted octanol–water partition coefficient (Wildman–Crippen LogP) is -0.0476. The van der Waals surface area contributed by atoms with Gasteiger partial charge in [-0.1, -0.05) is 0 Å². The van der Waals surface area contributed by atoms with Crippen molar-refractivity contribution in [1.82, 2.24) is 0 Å². The lowest BCUT2D eigenvalue weighted by Gasteiger charge is -2.28. The van der Waals surface area contributed by atoms with Crippen LogP contribution in [0.15, 0.2) is 0 Å². The molecular formula is C7H10O5. The summed E-state index contributed by atoms with van der Waals surface area (Å²) in [6.07, 6.45) is 0.635. The quantitative estimate of drug-likeness (QED) is 0.573. The summed E-state index contributed by atoms with van der Waals surface area (Å²) in [5.41, 5.74) is -1.71. The van der Waals surface area contributed by atoms with Gasteiger partial charge in [0.25, 0.3) is 0 Å². The van der Waals surface area contributed by atoms with E-state index in [1.54, 1.807) is 0 Å². The molecule has 1 fully saturated rings. The van der Waals surface area contributed by atoms with Gasteiger partial charge in [-0.05, 0) is 12.8 Å². The lowest BCUT2D eigenvalue weighted by Crippen LogP contribution is -2.45. The van der Waals surface area contributed by atoms with Crippen molar-refractivity contribution < 1.29 is 24.5 Å². The van der Waals surface area contributed by atoms with Crippen LogP contribution in [0, 0.1) is 5.41 Å². The average Bonchev–Trinajstić information content (AvgIpc) is 2.05. The van der Waals surface area contributed by atoms with Crippen LogP contribution >= 0.6 is 0 Å². The van der Waals surface area contributed by atoms with Gasteiger partial charge in [-0.2, -0.15) is 0 Å². The van der Waals surface area contributed by atoms with E-state index in [1.165, 1.54) is 0 Å². The molecule has 5 nitrogen and oxygen atoms in total. The first-order chi connectivity index (χ1) is 5.59. The highest BCUT2D eigenvalue weighted by Gasteiger charge is 2.48. The molecule has 68 valence electrons. The summed E-state index contributed by atoms with van der Waals surface area (Å²) < 4.78 is 4.85. The van der Waals surface area contributed by atoms with Crippen LogP contribution in [-0.4, -0.2) is 35.4 Å². The zero-order valence-corrected chi connectivity index (χ0v) is 6.45. The second-order valence-corrected chi connectivity index (χ2v) is 2.85. The third kappa shape index (κ3) is 1.27. The molecule has 0 saturated carbocycles. The molecule has 2 N–H and O–H groups in total. The molecule has 1 rings (SSSR count). The minimum absolute atomic E-state index is 0.150. The minimum atomic E-state index is -1.71. The van der Waals surface area contributed by atoms with Gasteiger partial charge in [0.2, 0.25) is 0 Å². The molecule has 0 aromatic rings. The Hall–Kier alpha value is -1.10. The third-order valence-electron chi connectivity index (χ3n) is 2.06. The maximum atomic E-state index is 10.7. The molecule has 0 aliphatic carbocycles. The molecule has 1 aliphatic heterocycles. The number of hydrogen-bond acceptors (Lipinski definition) is 3. The van der Waals surface area contributed by atoms with E-state index in [2.05, 4.69) is 0 Å². The molecule has 0 spiro atoms. The van der Waals surface area contributed by atoms with E-state index >= 15 is 0 Å². The van der Waals surface area contributed by atoms with Crippen LogP contribution in [0.4, 0.5) is 0 Å². The topological polar surface area (TPSA) is 83.8 Å². The van der Waals surface area contributed by atoms with Gasteiger partial charge in [0.15, 0.2) is 5.41 Å².